The Balaban J connectivity index is 1.51. The van der Waals surface area contributed by atoms with Gasteiger partial charge in [-0.2, -0.15) is 0 Å². The molecule has 33 heavy (non-hydrogen) atoms. The van der Waals surface area contributed by atoms with Crippen molar-refractivity contribution in [2.75, 3.05) is 29.5 Å². The number of hydrogen-bond acceptors (Lipinski definition) is 6. The van der Waals surface area contributed by atoms with E-state index in [1.165, 1.54) is 16.4 Å². The van der Waals surface area contributed by atoms with Crippen LogP contribution in [0.15, 0.2) is 77.7 Å². The van der Waals surface area contributed by atoms with Crippen molar-refractivity contribution in [3.63, 3.8) is 0 Å². The van der Waals surface area contributed by atoms with Gasteiger partial charge in [0.1, 0.15) is 18.2 Å². The first-order valence-electron chi connectivity index (χ1n) is 10.4. The summed E-state index contributed by atoms with van der Waals surface area (Å²) in [5.41, 5.74) is 2.38. The smallest absolute Gasteiger partial charge is 0.267 e. The summed E-state index contributed by atoms with van der Waals surface area (Å²) in [6.45, 7) is 0.614. The first kappa shape index (κ1) is 21.1. The van der Waals surface area contributed by atoms with Crippen LogP contribution in [0.25, 0.3) is 11.0 Å². The lowest BCUT2D eigenvalue weighted by molar-refractivity contribution is 0.414. The van der Waals surface area contributed by atoms with Gasteiger partial charge in [0.05, 0.1) is 23.0 Å². The Kier molecular flexibility index (Phi) is 5.33. The zero-order valence-corrected chi connectivity index (χ0v) is 18.7. The summed E-state index contributed by atoms with van der Waals surface area (Å²) in [5, 5.41) is 0. The van der Waals surface area contributed by atoms with Crippen LogP contribution in [0.1, 0.15) is 5.56 Å². The normalized spacial score (nSPS) is 13.4. The quantitative estimate of drug-likeness (QED) is 0.430. The zero-order chi connectivity index (χ0) is 23.0. The average Bonchev–Trinajstić information content (AvgIpc) is 3.20. The average molecular weight is 465 g/mol. The second-order valence-corrected chi connectivity index (χ2v) is 9.53. The van der Waals surface area contributed by atoms with Crippen molar-refractivity contribution in [3.8, 4) is 5.75 Å². The van der Waals surface area contributed by atoms with Crippen molar-refractivity contribution < 1.29 is 17.5 Å². The van der Waals surface area contributed by atoms with Gasteiger partial charge >= 0.3 is 0 Å². The van der Waals surface area contributed by atoms with Crippen molar-refractivity contribution in [1.82, 2.24) is 9.97 Å². The summed E-state index contributed by atoms with van der Waals surface area (Å²) >= 11 is 0. The van der Waals surface area contributed by atoms with Crippen LogP contribution in [0.3, 0.4) is 0 Å². The van der Waals surface area contributed by atoms with E-state index in [1.54, 1.807) is 13.2 Å². The van der Waals surface area contributed by atoms with Gasteiger partial charge in [-0.3, -0.25) is 0 Å². The van der Waals surface area contributed by atoms with E-state index in [1.807, 2.05) is 47.4 Å². The van der Waals surface area contributed by atoms with Crippen LogP contribution in [-0.4, -0.2) is 38.7 Å². The molecule has 7 nitrogen and oxygen atoms in total. The third-order valence-electron chi connectivity index (χ3n) is 5.60. The van der Waals surface area contributed by atoms with Crippen LogP contribution in [0.4, 0.5) is 16.0 Å². The Morgan fingerprint density at radius 1 is 0.909 bits per heavy atom. The predicted octanol–water partition coefficient (Wildman–Crippen LogP) is 3.99. The highest BCUT2D eigenvalue weighted by Crippen LogP contribution is 2.37. The van der Waals surface area contributed by atoms with E-state index in [9.17, 15) is 12.8 Å². The summed E-state index contributed by atoms with van der Waals surface area (Å²) < 4.78 is 46.7. The van der Waals surface area contributed by atoms with Crippen LogP contribution in [0.5, 0.6) is 5.75 Å². The molecule has 0 amide bonds. The molecular formula is C24H21FN4O3S. The monoisotopic (exact) mass is 464 g/mol. The highest BCUT2D eigenvalue weighted by Gasteiger charge is 2.37. The van der Waals surface area contributed by atoms with E-state index in [-0.39, 0.29) is 17.4 Å². The largest absolute Gasteiger partial charge is 0.497 e. The Bertz CT molecular complexity index is 1410. The van der Waals surface area contributed by atoms with Crippen LogP contribution >= 0.6 is 0 Å². The van der Waals surface area contributed by atoms with Crippen molar-refractivity contribution in [3.05, 3.63) is 84.2 Å². The SMILES string of the molecule is COc1ccc(CCN2CN(S(=O)(=O)c3ccc(F)cc3)c3nc4ccccc4nc32)cc1. The van der Waals surface area contributed by atoms with E-state index in [4.69, 9.17) is 9.72 Å². The minimum atomic E-state index is -3.96. The van der Waals surface area contributed by atoms with Crippen molar-refractivity contribution in [1.29, 1.82) is 0 Å². The van der Waals surface area contributed by atoms with Gasteiger partial charge in [-0.1, -0.05) is 24.3 Å². The molecule has 2 heterocycles. The lowest BCUT2D eigenvalue weighted by atomic mass is 10.1. The van der Waals surface area contributed by atoms with E-state index in [0.29, 0.717) is 29.8 Å². The number of aromatic nitrogens is 2. The number of ether oxygens (including phenoxy) is 1. The molecule has 0 aliphatic carbocycles. The molecule has 1 aliphatic heterocycles. The topological polar surface area (TPSA) is 75.6 Å². The molecule has 9 heteroatoms. The Labute approximate surface area is 191 Å². The fraction of sp³-hybridized carbons (Fsp3) is 0.167. The number of halogens is 1. The molecule has 0 bridgehead atoms. The van der Waals surface area contributed by atoms with Gasteiger partial charge in [0.15, 0.2) is 11.6 Å². The number of fused-ring (bicyclic) bond motifs is 2. The number of sulfonamides is 1. The summed E-state index contributed by atoms with van der Waals surface area (Å²) in [5.74, 6) is 1.06. The summed E-state index contributed by atoms with van der Waals surface area (Å²) in [6, 6.07) is 19.9. The second kappa shape index (κ2) is 8.32. The maximum Gasteiger partial charge on any atom is 0.267 e. The molecule has 0 saturated carbocycles. The maximum absolute atomic E-state index is 13.4. The van der Waals surface area contributed by atoms with Crippen LogP contribution in [-0.2, 0) is 16.4 Å². The minimum Gasteiger partial charge on any atom is -0.497 e. The summed E-state index contributed by atoms with van der Waals surface area (Å²) in [4.78, 5) is 11.3. The molecule has 1 aromatic heterocycles. The molecule has 4 aromatic rings. The van der Waals surface area contributed by atoms with E-state index in [0.717, 1.165) is 23.4 Å². The predicted molar refractivity (Wildman–Crippen MR) is 125 cm³/mol. The van der Waals surface area contributed by atoms with Crippen molar-refractivity contribution in [2.24, 2.45) is 0 Å². The first-order chi connectivity index (χ1) is 16.0. The van der Waals surface area contributed by atoms with Crippen molar-refractivity contribution in [2.45, 2.75) is 11.3 Å². The third-order valence-corrected chi connectivity index (χ3v) is 7.34. The van der Waals surface area contributed by atoms with Crippen molar-refractivity contribution >= 4 is 32.7 Å². The van der Waals surface area contributed by atoms with E-state index >= 15 is 0 Å². The molecule has 0 unspecified atom stereocenters. The number of anilines is 2. The third kappa shape index (κ3) is 3.95. The fourth-order valence-corrected chi connectivity index (χ4v) is 5.18. The molecule has 5 rings (SSSR count). The Morgan fingerprint density at radius 2 is 1.55 bits per heavy atom. The minimum absolute atomic E-state index is 0.00168. The number of nitrogens with zero attached hydrogens (tertiary/aromatic N) is 4. The van der Waals surface area contributed by atoms with Gasteiger partial charge < -0.3 is 9.64 Å². The highest BCUT2D eigenvalue weighted by molar-refractivity contribution is 7.92. The molecule has 0 spiro atoms. The molecular weight excluding hydrogens is 443 g/mol. The molecule has 0 radical (unpaired) electrons. The van der Waals surface area contributed by atoms with E-state index in [2.05, 4.69) is 4.98 Å². The second-order valence-electron chi connectivity index (χ2n) is 7.67. The molecule has 0 N–H and O–H groups in total. The number of benzene rings is 3. The van der Waals surface area contributed by atoms with Gasteiger partial charge in [0, 0.05) is 6.54 Å². The number of hydrogen-bond donors (Lipinski definition) is 0. The molecule has 3 aromatic carbocycles. The molecule has 0 atom stereocenters. The van der Waals surface area contributed by atoms with Gasteiger partial charge in [0.2, 0.25) is 0 Å². The number of methoxy groups -OCH3 is 1. The lowest BCUT2D eigenvalue weighted by Gasteiger charge is -2.20. The maximum atomic E-state index is 13.4. The van der Waals surface area contributed by atoms with Gasteiger partial charge in [-0.25, -0.2) is 27.1 Å². The van der Waals surface area contributed by atoms with Crippen LogP contribution < -0.4 is 13.9 Å². The van der Waals surface area contributed by atoms with E-state index < -0.39 is 15.8 Å². The van der Waals surface area contributed by atoms with Gasteiger partial charge in [0.25, 0.3) is 10.0 Å². The molecule has 168 valence electrons. The molecule has 0 fully saturated rings. The zero-order valence-electron chi connectivity index (χ0n) is 17.8. The summed E-state index contributed by atoms with van der Waals surface area (Å²) in [6.07, 6.45) is 0.683. The standard InChI is InChI=1S/C24H21FN4O3S/c1-32-19-10-6-17(7-11-19)14-15-28-16-29(33(30,31)20-12-8-18(25)9-13-20)24-23(28)26-21-4-2-3-5-22(21)27-24/h2-13H,14-16H2,1H3. The fourth-order valence-electron chi connectivity index (χ4n) is 3.81. The lowest BCUT2D eigenvalue weighted by Crippen LogP contribution is -2.36. The Morgan fingerprint density at radius 3 is 2.18 bits per heavy atom. The molecule has 0 saturated heterocycles. The Hall–Kier alpha value is -3.72. The van der Waals surface area contributed by atoms with Gasteiger partial charge in [-0.05, 0) is 60.5 Å². The van der Waals surface area contributed by atoms with Gasteiger partial charge in [-0.15, -0.1) is 0 Å². The van der Waals surface area contributed by atoms with Crippen LogP contribution in [0, 0.1) is 5.82 Å². The molecule has 1 aliphatic rings. The van der Waals surface area contributed by atoms with Crippen LogP contribution in [0.2, 0.25) is 0 Å². The first-order valence-corrected chi connectivity index (χ1v) is 11.8. The highest BCUT2D eigenvalue weighted by atomic mass is 32.2. The summed E-state index contributed by atoms with van der Waals surface area (Å²) in [7, 11) is -2.34. The number of para-hydroxylation sites is 2. The number of rotatable bonds is 6.